The number of ketones is 1. The molecule has 7 heteroatoms. The first-order valence-electron chi connectivity index (χ1n) is 11.8. The van der Waals surface area contributed by atoms with Crippen LogP contribution in [0.2, 0.25) is 0 Å². The summed E-state index contributed by atoms with van der Waals surface area (Å²) < 4.78 is 14.7. The summed E-state index contributed by atoms with van der Waals surface area (Å²) in [4.78, 5) is 43.5. The second kappa shape index (κ2) is 9.86. The fourth-order valence-corrected chi connectivity index (χ4v) is 4.56. The SMILES string of the molecule is CCC(C)N(C)C(=O)c1cc(C2NC(=O)CC(C)=C2C(=O)Cc2ccc3[nH]ccc3c2)ccc1F. The number of fused-ring (bicyclic) bond motifs is 1. The van der Waals surface area contributed by atoms with Crippen LogP contribution in [0.25, 0.3) is 10.9 Å². The normalized spacial score (nSPS) is 16.8. The Hall–Kier alpha value is -3.74. The number of rotatable bonds is 7. The third-order valence-corrected chi connectivity index (χ3v) is 6.89. The van der Waals surface area contributed by atoms with E-state index in [1.807, 2.05) is 44.3 Å². The Morgan fingerprint density at radius 3 is 2.69 bits per heavy atom. The van der Waals surface area contributed by atoms with Crippen LogP contribution in [-0.4, -0.2) is 40.6 Å². The minimum atomic E-state index is -0.749. The van der Waals surface area contributed by atoms with E-state index >= 15 is 0 Å². The predicted molar refractivity (Wildman–Crippen MR) is 133 cm³/mol. The summed E-state index contributed by atoms with van der Waals surface area (Å²) in [7, 11) is 1.64. The van der Waals surface area contributed by atoms with Crippen molar-refractivity contribution in [3.05, 3.63) is 82.3 Å². The number of H-pyrrole nitrogens is 1. The monoisotopic (exact) mass is 475 g/mol. The van der Waals surface area contributed by atoms with Crippen LogP contribution in [0, 0.1) is 5.82 Å². The second-order valence-corrected chi connectivity index (χ2v) is 9.28. The Morgan fingerprint density at radius 2 is 1.94 bits per heavy atom. The van der Waals surface area contributed by atoms with E-state index in [4.69, 9.17) is 0 Å². The molecule has 4 rings (SSSR count). The third-order valence-electron chi connectivity index (χ3n) is 6.89. The first-order chi connectivity index (χ1) is 16.7. The fourth-order valence-electron chi connectivity index (χ4n) is 4.56. The molecule has 1 aromatic heterocycles. The lowest BCUT2D eigenvalue weighted by molar-refractivity contribution is -0.121. The lowest BCUT2D eigenvalue weighted by Gasteiger charge is -2.29. The van der Waals surface area contributed by atoms with Crippen molar-refractivity contribution in [1.29, 1.82) is 0 Å². The Balaban J connectivity index is 1.68. The number of aromatic nitrogens is 1. The van der Waals surface area contributed by atoms with Gasteiger partial charge in [-0.05, 0) is 67.1 Å². The molecular formula is C28H30FN3O3. The van der Waals surface area contributed by atoms with Gasteiger partial charge in [0.25, 0.3) is 5.91 Å². The van der Waals surface area contributed by atoms with Crippen LogP contribution < -0.4 is 5.32 Å². The summed E-state index contributed by atoms with van der Waals surface area (Å²) in [6, 6.07) is 11.2. The van der Waals surface area contributed by atoms with Gasteiger partial charge in [-0.2, -0.15) is 0 Å². The van der Waals surface area contributed by atoms with Crippen molar-refractivity contribution in [3.63, 3.8) is 0 Å². The van der Waals surface area contributed by atoms with Gasteiger partial charge in [0.05, 0.1) is 11.6 Å². The Kier molecular flexibility index (Phi) is 6.87. The molecule has 2 atom stereocenters. The third kappa shape index (κ3) is 4.90. The smallest absolute Gasteiger partial charge is 0.256 e. The molecule has 2 N–H and O–H groups in total. The van der Waals surface area contributed by atoms with E-state index in [1.54, 1.807) is 14.0 Å². The van der Waals surface area contributed by atoms with Crippen LogP contribution >= 0.6 is 0 Å². The standard InChI is InChI=1S/C28H30FN3O3/c1-5-17(3)32(4)28(35)21-15-20(7-8-22(21)29)27-26(16(2)12-25(34)31-27)24(33)14-18-6-9-23-19(13-18)10-11-30-23/h6-11,13,15,17,27,30H,5,12,14H2,1-4H3,(H,31,34). The first kappa shape index (κ1) is 24.4. The number of aromatic amines is 1. The second-order valence-electron chi connectivity index (χ2n) is 9.28. The van der Waals surface area contributed by atoms with E-state index in [-0.39, 0.29) is 36.1 Å². The molecule has 182 valence electrons. The molecule has 3 aromatic rings. The molecule has 1 aliphatic rings. The van der Waals surface area contributed by atoms with Crippen molar-refractivity contribution >= 4 is 28.5 Å². The molecule has 2 heterocycles. The van der Waals surface area contributed by atoms with Crippen LogP contribution in [0.1, 0.15) is 61.1 Å². The zero-order valence-electron chi connectivity index (χ0n) is 20.4. The number of amides is 2. The molecule has 0 fully saturated rings. The molecule has 0 bridgehead atoms. The lowest BCUT2D eigenvalue weighted by atomic mass is 9.85. The Labute approximate surface area is 204 Å². The van der Waals surface area contributed by atoms with E-state index in [0.717, 1.165) is 22.9 Å². The molecule has 0 aliphatic carbocycles. The van der Waals surface area contributed by atoms with E-state index in [9.17, 15) is 18.8 Å². The quantitative estimate of drug-likeness (QED) is 0.512. The van der Waals surface area contributed by atoms with E-state index in [2.05, 4.69) is 10.3 Å². The molecule has 0 spiro atoms. The number of hydrogen-bond donors (Lipinski definition) is 2. The maximum Gasteiger partial charge on any atom is 0.256 e. The largest absolute Gasteiger partial charge is 0.361 e. The highest BCUT2D eigenvalue weighted by molar-refractivity contribution is 6.02. The topological polar surface area (TPSA) is 82.3 Å². The van der Waals surface area contributed by atoms with Crippen molar-refractivity contribution in [2.45, 2.75) is 52.1 Å². The van der Waals surface area contributed by atoms with Crippen LogP contribution in [0.3, 0.4) is 0 Å². The number of nitrogens with one attached hydrogen (secondary N) is 2. The van der Waals surface area contributed by atoms with Gasteiger partial charge in [-0.3, -0.25) is 14.4 Å². The predicted octanol–water partition coefficient (Wildman–Crippen LogP) is 4.87. The summed E-state index contributed by atoms with van der Waals surface area (Å²) >= 11 is 0. The maximum atomic E-state index is 14.7. The van der Waals surface area contributed by atoms with Gasteiger partial charge >= 0.3 is 0 Å². The lowest BCUT2D eigenvalue weighted by Crippen LogP contribution is -2.38. The van der Waals surface area contributed by atoms with Crippen molar-refractivity contribution in [2.75, 3.05) is 7.05 Å². The number of benzene rings is 2. The van der Waals surface area contributed by atoms with Crippen LogP contribution in [0.15, 0.2) is 59.8 Å². The van der Waals surface area contributed by atoms with Crippen LogP contribution in [-0.2, 0) is 16.0 Å². The molecule has 0 saturated carbocycles. The number of nitrogens with zero attached hydrogens (tertiary/aromatic N) is 1. The minimum Gasteiger partial charge on any atom is -0.361 e. The minimum absolute atomic E-state index is 0.0587. The van der Waals surface area contributed by atoms with Gasteiger partial charge in [-0.25, -0.2) is 4.39 Å². The average molecular weight is 476 g/mol. The first-order valence-corrected chi connectivity index (χ1v) is 11.8. The molecule has 2 unspecified atom stereocenters. The van der Waals surface area contributed by atoms with Crippen molar-refractivity contribution in [2.24, 2.45) is 0 Å². The van der Waals surface area contributed by atoms with Gasteiger partial charge in [-0.1, -0.05) is 24.6 Å². The summed E-state index contributed by atoms with van der Waals surface area (Å²) in [5, 5.41) is 3.90. The van der Waals surface area contributed by atoms with Gasteiger partial charge < -0.3 is 15.2 Å². The number of hydrogen-bond acceptors (Lipinski definition) is 3. The number of carbonyl (C=O) groups is 3. The maximum absolute atomic E-state index is 14.7. The number of carbonyl (C=O) groups excluding carboxylic acids is 3. The van der Waals surface area contributed by atoms with Gasteiger partial charge in [-0.15, -0.1) is 0 Å². The number of Topliss-reactive ketones (excluding diaryl/α,β-unsaturated/α-hetero) is 1. The van der Waals surface area contributed by atoms with Crippen LogP contribution in [0.4, 0.5) is 4.39 Å². The highest BCUT2D eigenvalue weighted by Gasteiger charge is 2.32. The Bertz CT molecular complexity index is 1340. The van der Waals surface area contributed by atoms with Crippen molar-refractivity contribution < 1.29 is 18.8 Å². The highest BCUT2D eigenvalue weighted by Crippen LogP contribution is 2.32. The molecule has 1 aliphatic heterocycles. The summed E-state index contributed by atoms with van der Waals surface area (Å²) in [5.41, 5.74) is 3.45. The van der Waals surface area contributed by atoms with E-state index in [1.165, 1.54) is 23.1 Å². The van der Waals surface area contributed by atoms with Crippen LogP contribution in [0.5, 0.6) is 0 Å². The summed E-state index contributed by atoms with van der Waals surface area (Å²) in [6.07, 6.45) is 2.88. The Morgan fingerprint density at radius 1 is 1.17 bits per heavy atom. The summed E-state index contributed by atoms with van der Waals surface area (Å²) in [5.74, 6) is -1.40. The average Bonchev–Trinajstić information content (AvgIpc) is 3.30. The van der Waals surface area contributed by atoms with Crippen molar-refractivity contribution in [1.82, 2.24) is 15.2 Å². The van der Waals surface area contributed by atoms with Gasteiger partial charge in [0.15, 0.2) is 5.78 Å². The molecule has 2 amide bonds. The molecule has 2 aromatic carbocycles. The van der Waals surface area contributed by atoms with E-state index < -0.39 is 17.8 Å². The van der Waals surface area contributed by atoms with Gasteiger partial charge in [0.1, 0.15) is 5.82 Å². The van der Waals surface area contributed by atoms with Gasteiger partial charge in [0, 0.05) is 43.2 Å². The van der Waals surface area contributed by atoms with Gasteiger partial charge in [0.2, 0.25) is 5.91 Å². The summed E-state index contributed by atoms with van der Waals surface area (Å²) in [6.45, 7) is 5.63. The fraction of sp³-hybridized carbons (Fsp3) is 0.321. The molecule has 35 heavy (non-hydrogen) atoms. The molecule has 0 radical (unpaired) electrons. The van der Waals surface area contributed by atoms with E-state index in [0.29, 0.717) is 16.7 Å². The molecular weight excluding hydrogens is 445 g/mol. The molecule has 6 nitrogen and oxygen atoms in total. The van der Waals surface area contributed by atoms with Crippen molar-refractivity contribution in [3.8, 4) is 0 Å². The highest BCUT2D eigenvalue weighted by atomic mass is 19.1. The molecule has 0 saturated heterocycles. The zero-order chi connectivity index (χ0) is 25.3. The zero-order valence-corrected chi connectivity index (χ0v) is 20.4. The number of halogens is 1.